The largest absolute Gasteiger partial charge is 0.393 e. The van der Waals surface area contributed by atoms with E-state index in [-0.39, 0.29) is 17.6 Å². The van der Waals surface area contributed by atoms with Crippen molar-refractivity contribution >= 4 is 5.91 Å². The van der Waals surface area contributed by atoms with Gasteiger partial charge in [0.2, 0.25) is 0 Å². The van der Waals surface area contributed by atoms with Gasteiger partial charge in [0, 0.05) is 26.1 Å². The highest BCUT2D eigenvalue weighted by Gasteiger charge is 2.37. The summed E-state index contributed by atoms with van der Waals surface area (Å²) in [6, 6.07) is 6.57. The molecule has 1 aromatic rings. The third-order valence-corrected chi connectivity index (χ3v) is 4.45. The van der Waals surface area contributed by atoms with Crippen molar-refractivity contribution in [3.05, 3.63) is 35.6 Å². The maximum Gasteiger partial charge on any atom is 0.254 e. The van der Waals surface area contributed by atoms with Gasteiger partial charge in [-0.1, -0.05) is 18.2 Å². The summed E-state index contributed by atoms with van der Waals surface area (Å²) in [5.41, 5.74) is -0.308. The molecule has 1 heterocycles. The summed E-state index contributed by atoms with van der Waals surface area (Å²) in [6.07, 6.45) is 0.407. The van der Waals surface area contributed by atoms with Gasteiger partial charge in [-0.15, -0.1) is 0 Å². The zero-order valence-electron chi connectivity index (χ0n) is 13.4. The van der Waals surface area contributed by atoms with Gasteiger partial charge in [-0.2, -0.15) is 0 Å². The van der Waals surface area contributed by atoms with Crippen LogP contribution in [0.1, 0.15) is 25.8 Å². The van der Waals surface area contributed by atoms with Crippen LogP contribution in [0.4, 0.5) is 4.39 Å². The molecule has 1 aliphatic rings. The van der Waals surface area contributed by atoms with Crippen LogP contribution in [0.3, 0.4) is 0 Å². The highest BCUT2D eigenvalue weighted by atomic mass is 19.1. The van der Waals surface area contributed by atoms with Crippen LogP contribution in [-0.4, -0.2) is 47.8 Å². The van der Waals surface area contributed by atoms with Crippen molar-refractivity contribution in [1.82, 2.24) is 4.90 Å². The van der Waals surface area contributed by atoms with Gasteiger partial charge in [0.1, 0.15) is 11.4 Å². The standard InChI is InChI=1S/C17H24FNO3/c1-17(2,22-3)16(21)19-9-8-15(20)13(11-19)10-12-6-4-5-7-14(12)18/h4-7,13,15,20H,8-11H2,1-3H3/t13-,15-/m1/s1. The third kappa shape index (κ3) is 3.65. The van der Waals surface area contributed by atoms with E-state index in [1.54, 1.807) is 36.9 Å². The number of carbonyl (C=O) groups is 1. The Morgan fingerprint density at radius 1 is 1.45 bits per heavy atom. The Morgan fingerprint density at radius 3 is 2.77 bits per heavy atom. The van der Waals surface area contributed by atoms with Gasteiger partial charge in [-0.25, -0.2) is 4.39 Å². The van der Waals surface area contributed by atoms with E-state index in [4.69, 9.17) is 4.74 Å². The second kappa shape index (κ2) is 6.75. The first-order valence-corrected chi connectivity index (χ1v) is 7.61. The number of ether oxygens (including phenoxy) is 1. The molecule has 1 N–H and O–H groups in total. The predicted octanol–water partition coefficient (Wildman–Crippen LogP) is 2.00. The molecule has 2 atom stereocenters. The number of nitrogens with zero attached hydrogens (tertiary/aromatic N) is 1. The summed E-state index contributed by atoms with van der Waals surface area (Å²) < 4.78 is 19.0. The molecule has 1 aliphatic heterocycles. The molecule has 0 saturated carbocycles. The average molecular weight is 309 g/mol. The molecule has 0 aromatic heterocycles. The fourth-order valence-electron chi connectivity index (χ4n) is 2.82. The molecule has 1 fully saturated rings. The number of aliphatic hydroxyl groups is 1. The average Bonchev–Trinajstić information content (AvgIpc) is 2.51. The van der Waals surface area contributed by atoms with Crippen LogP contribution in [-0.2, 0) is 16.0 Å². The van der Waals surface area contributed by atoms with Crippen molar-refractivity contribution in [2.45, 2.75) is 38.4 Å². The molecule has 0 bridgehead atoms. The van der Waals surface area contributed by atoms with Gasteiger partial charge >= 0.3 is 0 Å². The van der Waals surface area contributed by atoms with E-state index in [2.05, 4.69) is 0 Å². The fraction of sp³-hybridized carbons (Fsp3) is 0.588. The van der Waals surface area contributed by atoms with E-state index >= 15 is 0 Å². The van der Waals surface area contributed by atoms with Gasteiger partial charge in [0.05, 0.1) is 6.10 Å². The minimum absolute atomic E-state index is 0.0968. The van der Waals surface area contributed by atoms with Crippen molar-refractivity contribution in [2.24, 2.45) is 5.92 Å². The third-order valence-electron chi connectivity index (χ3n) is 4.45. The summed E-state index contributed by atoms with van der Waals surface area (Å²) in [5.74, 6) is -0.530. The SMILES string of the molecule is COC(C)(C)C(=O)N1CC[C@@H](O)[C@H](Cc2ccccc2F)C1. The number of likely N-dealkylation sites (tertiary alicyclic amines) is 1. The van der Waals surface area contributed by atoms with Crippen molar-refractivity contribution in [1.29, 1.82) is 0 Å². The molecule has 0 aliphatic carbocycles. The van der Waals surface area contributed by atoms with Crippen LogP contribution in [0.15, 0.2) is 24.3 Å². The Morgan fingerprint density at radius 2 is 2.14 bits per heavy atom. The summed E-state index contributed by atoms with van der Waals surface area (Å²) >= 11 is 0. The number of carbonyl (C=O) groups excluding carboxylic acids is 1. The number of piperidine rings is 1. The number of benzene rings is 1. The molecule has 0 radical (unpaired) electrons. The monoisotopic (exact) mass is 309 g/mol. The van der Waals surface area contributed by atoms with Crippen molar-refractivity contribution in [3.8, 4) is 0 Å². The van der Waals surface area contributed by atoms with Gasteiger partial charge < -0.3 is 14.7 Å². The number of methoxy groups -OCH3 is 1. The van der Waals surface area contributed by atoms with Crippen LogP contribution in [0, 0.1) is 11.7 Å². The zero-order chi connectivity index (χ0) is 16.3. The Bertz CT molecular complexity index is 532. The number of hydrogen-bond donors (Lipinski definition) is 1. The Kier molecular flexibility index (Phi) is 5.19. The van der Waals surface area contributed by atoms with Gasteiger partial charge in [0.15, 0.2) is 0 Å². The van der Waals surface area contributed by atoms with Crippen molar-refractivity contribution < 1.29 is 19.0 Å². The first-order chi connectivity index (χ1) is 10.3. The smallest absolute Gasteiger partial charge is 0.254 e. The number of hydrogen-bond acceptors (Lipinski definition) is 3. The van der Waals surface area contributed by atoms with Crippen LogP contribution < -0.4 is 0 Å². The highest BCUT2D eigenvalue weighted by molar-refractivity contribution is 5.84. The van der Waals surface area contributed by atoms with E-state index in [0.717, 1.165) is 0 Å². The molecule has 1 amide bonds. The number of halogens is 1. The Hall–Kier alpha value is -1.46. The molecule has 22 heavy (non-hydrogen) atoms. The Labute approximate surface area is 130 Å². The van der Waals surface area contributed by atoms with E-state index in [1.807, 2.05) is 0 Å². The van der Waals surface area contributed by atoms with Crippen LogP contribution in [0.25, 0.3) is 0 Å². The predicted molar refractivity (Wildman–Crippen MR) is 81.9 cm³/mol. The normalized spacial score (nSPS) is 22.7. The summed E-state index contributed by atoms with van der Waals surface area (Å²) in [7, 11) is 1.51. The minimum atomic E-state index is -0.884. The van der Waals surface area contributed by atoms with E-state index < -0.39 is 11.7 Å². The molecule has 5 heteroatoms. The second-order valence-electron chi connectivity index (χ2n) is 6.38. The second-order valence-corrected chi connectivity index (χ2v) is 6.38. The zero-order valence-corrected chi connectivity index (χ0v) is 13.4. The molecule has 0 unspecified atom stereocenters. The first-order valence-electron chi connectivity index (χ1n) is 7.61. The van der Waals surface area contributed by atoms with Crippen molar-refractivity contribution in [3.63, 3.8) is 0 Å². The lowest BCUT2D eigenvalue weighted by molar-refractivity contribution is -0.154. The number of aliphatic hydroxyl groups excluding tert-OH is 1. The molecular formula is C17H24FNO3. The maximum atomic E-state index is 13.8. The molecule has 0 spiro atoms. The van der Waals surface area contributed by atoms with Gasteiger partial charge in [-0.05, 0) is 38.3 Å². The quantitative estimate of drug-likeness (QED) is 0.925. The molecule has 1 aromatic carbocycles. The van der Waals surface area contributed by atoms with Crippen LogP contribution in [0.5, 0.6) is 0 Å². The summed E-state index contributed by atoms with van der Waals surface area (Å²) in [4.78, 5) is 14.2. The number of rotatable bonds is 4. The van der Waals surface area contributed by atoms with E-state index in [0.29, 0.717) is 31.5 Å². The van der Waals surface area contributed by atoms with E-state index in [1.165, 1.54) is 13.2 Å². The molecule has 1 saturated heterocycles. The first kappa shape index (κ1) is 16.9. The number of amides is 1. The van der Waals surface area contributed by atoms with Crippen LogP contribution >= 0.6 is 0 Å². The maximum absolute atomic E-state index is 13.8. The topological polar surface area (TPSA) is 49.8 Å². The Balaban J connectivity index is 2.09. The van der Waals surface area contributed by atoms with Crippen LogP contribution in [0.2, 0.25) is 0 Å². The molecule has 2 rings (SSSR count). The summed E-state index contributed by atoms with van der Waals surface area (Å²) in [5, 5.41) is 10.2. The molecular weight excluding hydrogens is 285 g/mol. The molecule has 4 nitrogen and oxygen atoms in total. The lowest BCUT2D eigenvalue weighted by atomic mass is 9.88. The van der Waals surface area contributed by atoms with Gasteiger partial charge in [-0.3, -0.25) is 4.79 Å². The van der Waals surface area contributed by atoms with E-state index in [9.17, 15) is 14.3 Å². The fourth-order valence-corrected chi connectivity index (χ4v) is 2.82. The van der Waals surface area contributed by atoms with Crippen molar-refractivity contribution in [2.75, 3.05) is 20.2 Å². The summed E-state index contributed by atoms with van der Waals surface area (Å²) in [6.45, 7) is 4.38. The van der Waals surface area contributed by atoms with Gasteiger partial charge in [0.25, 0.3) is 5.91 Å². The minimum Gasteiger partial charge on any atom is -0.393 e. The molecule has 122 valence electrons. The highest BCUT2D eigenvalue weighted by Crippen LogP contribution is 2.25. The lowest BCUT2D eigenvalue weighted by Crippen LogP contribution is -2.53. The lowest BCUT2D eigenvalue weighted by Gasteiger charge is -2.39.